The quantitative estimate of drug-likeness (QED) is 0.712. The summed E-state index contributed by atoms with van der Waals surface area (Å²) in [6.07, 6.45) is 0. The minimum Gasteiger partial charge on any atom is -0.507 e. The van der Waals surface area contributed by atoms with Gasteiger partial charge in [-0.1, -0.05) is 24.3 Å². The largest absolute Gasteiger partial charge is 0.507 e. The van der Waals surface area contributed by atoms with Crippen LogP contribution in [0.25, 0.3) is 10.8 Å². The molecule has 0 atom stereocenters. The van der Waals surface area contributed by atoms with E-state index in [-0.39, 0.29) is 9.96 Å². The summed E-state index contributed by atoms with van der Waals surface area (Å²) in [6.45, 7) is 0. The Labute approximate surface area is 134 Å². The minimum absolute atomic E-state index is 0.118. The molecule has 1 heterocycles. The molecule has 21 heavy (non-hydrogen) atoms. The van der Waals surface area contributed by atoms with Crippen LogP contribution in [0, 0.1) is 0 Å². The molecular formula is C14H10BrNO3S2. The number of hydrogen-bond donors (Lipinski definition) is 2. The first-order valence-corrected chi connectivity index (χ1v) is 9.05. The van der Waals surface area contributed by atoms with Gasteiger partial charge in [-0.2, -0.15) is 0 Å². The van der Waals surface area contributed by atoms with Crippen LogP contribution in [0.5, 0.6) is 5.75 Å². The van der Waals surface area contributed by atoms with Crippen molar-refractivity contribution >= 4 is 53.7 Å². The molecule has 0 saturated heterocycles. The first kappa shape index (κ1) is 14.4. The maximum Gasteiger partial charge on any atom is 0.271 e. The average Bonchev–Trinajstić information content (AvgIpc) is 2.87. The highest BCUT2D eigenvalue weighted by Gasteiger charge is 2.18. The topological polar surface area (TPSA) is 66.4 Å². The fraction of sp³-hybridized carbons (Fsp3) is 0. The lowest BCUT2D eigenvalue weighted by molar-refractivity contribution is 0.481. The van der Waals surface area contributed by atoms with E-state index in [0.29, 0.717) is 16.5 Å². The summed E-state index contributed by atoms with van der Waals surface area (Å²) in [4.78, 5) is 0. The van der Waals surface area contributed by atoms with E-state index in [9.17, 15) is 13.5 Å². The number of phenols is 1. The highest BCUT2D eigenvalue weighted by atomic mass is 79.9. The molecule has 0 amide bonds. The number of benzene rings is 2. The highest BCUT2D eigenvalue weighted by molar-refractivity contribution is 9.11. The van der Waals surface area contributed by atoms with Gasteiger partial charge < -0.3 is 5.11 Å². The molecule has 1 aromatic heterocycles. The van der Waals surface area contributed by atoms with Crippen molar-refractivity contribution in [1.82, 2.24) is 0 Å². The molecule has 0 aliphatic rings. The molecular weight excluding hydrogens is 374 g/mol. The number of anilines is 1. The molecule has 0 fully saturated rings. The van der Waals surface area contributed by atoms with Crippen LogP contribution >= 0.6 is 27.3 Å². The lowest BCUT2D eigenvalue weighted by atomic mass is 10.1. The van der Waals surface area contributed by atoms with Crippen molar-refractivity contribution in [3.63, 3.8) is 0 Å². The zero-order valence-corrected chi connectivity index (χ0v) is 13.8. The predicted octanol–water partition coefficient (Wildman–Crippen LogP) is 4.17. The number of rotatable bonds is 3. The lowest BCUT2D eigenvalue weighted by Gasteiger charge is -2.10. The molecule has 0 aliphatic carbocycles. The van der Waals surface area contributed by atoms with Crippen molar-refractivity contribution in [2.24, 2.45) is 0 Å². The summed E-state index contributed by atoms with van der Waals surface area (Å²) in [6, 6.07) is 13.3. The number of nitrogens with one attached hydrogen (secondary N) is 1. The zero-order valence-electron chi connectivity index (χ0n) is 10.6. The van der Waals surface area contributed by atoms with Crippen LogP contribution in [0.2, 0.25) is 0 Å². The number of halogens is 1. The van der Waals surface area contributed by atoms with Crippen LogP contribution in [0.4, 0.5) is 5.69 Å². The smallest absolute Gasteiger partial charge is 0.271 e. The maximum absolute atomic E-state index is 12.4. The van der Waals surface area contributed by atoms with E-state index in [0.717, 1.165) is 15.1 Å². The van der Waals surface area contributed by atoms with Gasteiger partial charge in [0.25, 0.3) is 10.0 Å². The lowest BCUT2D eigenvalue weighted by Crippen LogP contribution is -2.11. The Bertz CT molecular complexity index is 919. The molecule has 0 unspecified atom stereocenters. The first-order chi connectivity index (χ1) is 9.97. The van der Waals surface area contributed by atoms with E-state index in [1.807, 2.05) is 0 Å². The van der Waals surface area contributed by atoms with Crippen LogP contribution < -0.4 is 4.72 Å². The van der Waals surface area contributed by atoms with E-state index in [1.165, 1.54) is 0 Å². The summed E-state index contributed by atoms with van der Waals surface area (Å²) >= 11 is 4.39. The van der Waals surface area contributed by atoms with Gasteiger partial charge in [0, 0.05) is 10.8 Å². The normalized spacial score (nSPS) is 11.7. The Kier molecular flexibility index (Phi) is 3.64. The van der Waals surface area contributed by atoms with Crippen molar-refractivity contribution in [2.45, 2.75) is 4.21 Å². The molecule has 4 nitrogen and oxygen atoms in total. The number of fused-ring (bicyclic) bond motifs is 1. The minimum atomic E-state index is -3.64. The fourth-order valence-electron chi connectivity index (χ4n) is 2.02. The number of phenolic OH excluding ortho intramolecular Hbond substituents is 1. The molecule has 0 radical (unpaired) electrons. The van der Waals surface area contributed by atoms with E-state index in [1.54, 1.807) is 48.5 Å². The summed E-state index contributed by atoms with van der Waals surface area (Å²) in [5.74, 6) is 0.118. The molecule has 108 valence electrons. The second-order valence-electron chi connectivity index (χ2n) is 4.34. The predicted molar refractivity (Wildman–Crippen MR) is 88.4 cm³/mol. The van der Waals surface area contributed by atoms with Crippen molar-refractivity contribution < 1.29 is 13.5 Å². The highest BCUT2D eigenvalue weighted by Crippen LogP contribution is 2.32. The van der Waals surface area contributed by atoms with E-state index < -0.39 is 10.0 Å². The van der Waals surface area contributed by atoms with Gasteiger partial charge in [0.2, 0.25) is 0 Å². The van der Waals surface area contributed by atoms with E-state index >= 15 is 0 Å². The Balaban J connectivity index is 2.08. The standard InChI is InChI=1S/C14H10BrNO3S2/c15-13-7-8-14(20-13)21(18,19)16-11-5-1-4-10-9(11)3-2-6-12(10)17/h1-8,16-17H. The molecule has 2 N–H and O–H groups in total. The Morgan fingerprint density at radius 3 is 2.43 bits per heavy atom. The third-order valence-electron chi connectivity index (χ3n) is 2.96. The molecule has 0 saturated carbocycles. The van der Waals surface area contributed by atoms with Gasteiger partial charge in [-0.3, -0.25) is 4.72 Å². The van der Waals surface area contributed by atoms with Crippen LogP contribution in [0.15, 0.2) is 56.5 Å². The molecule has 3 rings (SSSR count). The third kappa shape index (κ3) is 2.76. The molecule has 0 spiro atoms. The molecule has 0 aliphatic heterocycles. The van der Waals surface area contributed by atoms with E-state index in [4.69, 9.17) is 0 Å². The first-order valence-electron chi connectivity index (χ1n) is 5.96. The van der Waals surface area contributed by atoms with Gasteiger partial charge in [0.1, 0.15) is 9.96 Å². The van der Waals surface area contributed by atoms with Crippen LogP contribution in [0.3, 0.4) is 0 Å². The molecule has 7 heteroatoms. The Hall–Kier alpha value is -1.57. The summed E-state index contributed by atoms with van der Waals surface area (Å²) in [5, 5.41) is 11.1. The van der Waals surface area contributed by atoms with Crippen LogP contribution in [-0.4, -0.2) is 13.5 Å². The van der Waals surface area contributed by atoms with Gasteiger partial charge in [-0.25, -0.2) is 8.42 Å². The van der Waals surface area contributed by atoms with Crippen molar-refractivity contribution in [3.05, 3.63) is 52.3 Å². The molecule has 3 aromatic rings. The second-order valence-corrected chi connectivity index (χ2v) is 8.71. The number of thiophene rings is 1. The number of sulfonamides is 1. The second kappa shape index (κ2) is 5.32. The zero-order chi connectivity index (χ0) is 15.0. The van der Waals surface area contributed by atoms with Crippen molar-refractivity contribution in [1.29, 1.82) is 0 Å². The van der Waals surface area contributed by atoms with Crippen LogP contribution in [0.1, 0.15) is 0 Å². The van der Waals surface area contributed by atoms with Gasteiger partial charge in [0.15, 0.2) is 0 Å². The van der Waals surface area contributed by atoms with Crippen molar-refractivity contribution in [3.8, 4) is 5.75 Å². The van der Waals surface area contributed by atoms with Crippen LogP contribution in [-0.2, 0) is 10.0 Å². The number of aromatic hydroxyl groups is 1. The Morgan fingerprint density at radius 1 is 1.00 bits per heavy atom. The van der Waals surface area contributed by atoms with Gasteiger partial charge in [0.05, 0.1) is 9.47 Å². The summed E-state index contributed by atoms with van der Waals surface area (Å²) in [5.41, 5.74) is 0.438. The average molecular weight is 384 g/mol. The Morgan fingerprint density at radius 2 is 1.71 bits per heavy atom. The van der Waals surface area contributed by atoms with Gasteiger partial charge in [-0.15, -0.1) is 11.3 Å². The SMILES string of the molecule is O=S(=O)(Nc1cccc2c(O)cccc12)c1ccc(Br)s1. The molecule has 0 bridgehead atoms. The third-order valence-corrected chi connectivity index (χ3v) is 6.44. The fourth-order valence-corrected chi connectivity index (χ4v) is 5.11. The summed E-state index contributed by atoms with van der Waals surface area (Å²) < 4.78 is 28.3. The van der Waals surface area contributed by atoms with E-state index in [2.05, 4.69) is 20.7 Å². The summed E-state index contributed by atoms with van der Waals surface area (Å²) in [7, 11) is -3.64. The molecule has 2 aromatic carbocycles. The monoisotopic (exact) mass is 383 g/mol. The van der Waals surface area contributed by atoms with Gasteiger partial charge in [-0.05, 0) is 40.2 Å². The van der Waals surface area contributed by atoms with Gasteiger partial charge >= 0.3 is 0 Å². The number of hydrogen-bond acceptors (Lipinski definition) is 4. The maximum atomic E-state index is 12.4. The van der Waals surface area contributed by atoms with Crippen molar-refractivity contribution in [2.75, 3.05) is 4.72 Å².